The molecule has 0 radical (unpaired) electrons. The number of rotatable bonds is 20. The second-order valence-electron chi connectivity index (χ2n) is 18.9. The summed E-state index contributed by atoms with van der Waals surface area (Å²) in [6, 6.07) is 0. The van der Waals surface area contributed by atoms with Crippen molar-refractivity contribution in [3.8, 4) is 11.5 Å². The predicted molar refractivity (Wildman–Crippen MR) is 235 cm³/mol. The number of hydrogen-bond acceptors (Lipinski definition) is 5. The summed E-state index contributed by atoms with van der Waals surface area (Å²) in [5.74, 6) is 3.06. The molecule has 1 aliphatic heterocycles. The molecular weight excluding hydrogens is 693 g/mol. The minimum absolute atomic E-state index is 0.0259. The highest BCUT2D eigenvalue weighted by Gasteiger charge is 2.35. The number of hydrogen-bond donors (Lipinski definition) is 0. The molecule has 1 aromatic carbocycles. The lowest BCUT2D eigenvalue weighted by molar-refractivity contribution is -0.146. The Morgan fingerprint density at radius 3 is 2.18 bits per heavy atom. The molecular formula is C51H78O5. The van der Waals surface area contributed by atoms with Crippen molar-refractivity contribution in [1.82, 2.24) is 0 Å². The van der Waals surface area contributed by atoms with Gasteiger partial charge in [-0.05, 0) is 151 Å². The standard InChI is InChI=1S/C51H78O5/c1-35(2)34-39(6)21-15-18-36(3)22-16-31-51(13)32-28-44-43(10)48(41(8)42(9)49(44)56-51)55-47(53)27-26-46(52)54-33-29-38(5)20-14-19-37(4)24-25-45-40(7)23-17-30-50(45,11)12/h14,19-20,24-25,29,35-36,39H,15-18,21-23,26-28,30-34H2,1-13H3/b20-14+,25-24+,37-19+,38-29+. The van der Waals surface area contributed by atoms with E-state index in [9.17, 15) is 9.59 Å². The lowest BCUT2D eigenvalue weighted by Gasteiger charge is -2.38. The molecule has 0 N–H and O–H groups in total. The fraction of sp³-hybridized carbons (Fsp3) is 0.647. The van der Waals surface area contributed by atoms with Crippen molar-refractivity contribution in [2.24, 2.45) is 23.2 Å². The second kappa shape index (κ2) is 22.0. The van der Waals surface area contributed by atoms with E-state index in [4.69, 9.17) is 14.2 Å². The molecule has 3 unspecified atom stereocenters. The van der Waals surface area contributed by atoms with Gasteiger partial charge in [-0.2, -0.15) is 0 Å². The van der Waals surface area contributed by atoms with E-state index >= 15 is 0 Å². The van der Waals surface area contributed by atoms with Crippen molar-refractivity contribution >= 4 is 11.9 Å². The third-order valence-corrected chi connectivity index (χ3v) is 12.4. The van der Waals surface area contributed by atoms with Gasteiger partial charge in [-0.25, -0.2) is 0 Å². The lowest BCUT2D eigenvalue weighted by Crippen LogP contribution is -2.37. The summed E-state index contributed by atoms with van der Waals surface area (Å²) in [7, 11) is 0. The first kappa shape index (κ1) is 47.0. The van der Waals surface area contributed by atoms with Crippen LogP contribution in [-0.2, 0) is 20.7 Å². The average molecular weight is 771 g/mol. The molecule has 1 aromatic rings. The van der Waals surface area contributed by atoms with Crippen LogP contribution in [0.2, 0.25) is 0 Å². The number of allylic oxidation sites excluding steroid dienone is 9. The topological polar surface area (TPSA) is 61.8 Å². The van der Waals surface area contributed by atoms with Gasteiger partial charge in [0.25, 0.3) is 0 Å². The minimum atomic E-state index is -0.429. The maximum absolute atomic E-state index is 13.0. The average Bonchev–Trinajstić information content (AvgIpc) is 3.10. The van der Waals surface area contributed by atoms with E-state index in [-0.39, 0.29) is 30.5 Å². The Balaban J connectivity index is 1.44. The van der Waals surface area contributed by atoms with E-state index in [0.717, 1.165) is 70.6 Å². The molecule has 0 aromatic heterocycles. The van der Waals surface area contributed by atoms with Gasteiger partial charge in [0.1, 0.15) is 23.7 Å². The maximum Gasteiger partial charge on any atom is 0.311 e. The van der Waals surface area contributed by atoms with Gasteiger partial charge >= 0.3 is 11.9 Å². The molecule has 3 rings (SSSR count). The molecule has 3 atom stereocenters. The first-order chi connectivity index (χ1) is 26.3. The Bertz CT molecular complexity index is 1650. The normalized spacial score (nSPS) is 20.0. The van der Waals surface area contributed by atoms with Crippen LogP contribution in [0.5, 0.6) is 11.5 Å². The van der Waals surface area contributed by atoms with Crippen LogP contribution < -0.4 is 9.47 Å². The molecule has 312 valence electrons. The first-order valence-corrected chi connectivity index (χ1v) is 21.9. The summed E-state index contributed by atoms with van der Waals surface area (Å²) < 4.78 is 18.1. The highest BCUT2D eigenvalue weighted by atomic mass is 16.5. The summed E-state index contributed by atoms with van der Waals surface area (Å²) in [4.78, 5) is 25.5. The molecule has 0 fully saturated rings. The fourth-order valence-electron chi connectivity index (χ4n) is 8.72. The Labute approximate surface area is 342 Å². The van der Waals surface area contributed by atoms with Gasteiger partial charge in [0.2, 0.25) is 0 Å². The van der Waals surface area contributed by atoms with Crippen LogP contribution in [0, 0.1) is 43.9 Å². The summed E-state index contributed by atoms with van der Waals surface area (Å²) in [6.07, 6.45) is 26.7. The Kier molecular flexibility index (Phi) is 18.5. The third-order valence-electron chi connectivity index (χ3n) is 12.4. The molecule has 2 aliphatic rings. The van der Waals surface area contributed by atoms with Gasteiger partial charge < -0.3 is 14.2 Å². The molecule has 0 amide bonds. The lowest BCUT2D eigenvalue weighted by atomic mass is 9.72. The Morgan fingerprint density at radius 2 is 1.48 bits per heavy atom. The number of esters is 2. The highest BCUT2D eigenvalue weighted by Crippen LogP contribution is 2.45. The minimum Gasteiger partial charge on any atom is -0.487 e. The molecule has 1 aliphatic carbocycles. The zero-order valence-electron chi connectivity index (χ0n) is 37.8. The van der Waals surface area contributed by atoms with Crippen molar-refractivity contribution in [3.63, 3.8) is 0 Å². The van der Waals surface area contributed by atoms with Crippen molar-refractivity contribution in [1.29, 1.82) is 0 Å². The van der Waals surface area contributed by atoms with Crippen LogP contribution in [0.15, 0.2) is 58.7 Å². The van der Waals surface area contributed by atoms with Gasteiger partial charge in [-0.3, -0.25) is 9.59 Å². The van der Waals surface area contributed by atoms with Gasteiger partial charge in [0, 0.05) is 5.56 Å². The number of fused-ring (bicyclic) bond motifs is 1. The molecule has 56 heavy (non-hydrogen) atoms. The highest BCUT2D eigenvalue weighted by molar-refractivity contribution is 5.80. The maximum atomic E-state index is 13.0. The van der Waals surface area contributed by atoms with E-state index in [1.807, 2.05) is 39.0 Å². The van der Waals surface area contributed by atoms with E-state index in [1.54, 1.807) is 0 Å². The summed E-state index contributed by atoms with van der Waals surface area (Å²) >= 11 is 0. The number of benzene rings is 1. The molecule has 5 nitrogen and oxygen atoms in total. The van der Waals surface area contributed by atoms with Gasteiger partial charge in [0.15, 0.2) is 0 Å². The molecule has 0 saturated carbocycles. The number of carbonyl (C=O) groups is 2. The van der Waals surface area contributed by atoms with Gasteiger partial charge in [0.05, 0.1) is 12.8 Å². The van der Waals surface area contributed by atoms with Crippen molar-refractivity contribution < 1.29 is 23.8 Å². The Morgan fingerprint density at radius 1 is 0.804 bits per heavy atom. The molecule has 0 spiro atoms. The molecule has 0 bridgehead atoms. The smallest absolute Gasteiger partial charge is 0.311 e. The monoisotopic (exact) mass is 771 g/mol. The second-order valence-corrected chi connectivity index (χ2v) is 18.9. The SMILES string of the molecule is CC1=C(/C=C/C(C)=C/C=C/C(C)=C/COC(=O)CCC(=O)Oc2c(C)c(C)c3c(c2C)CCC(C)(CCCC(C)CCCC(C)CC(C)C)O3)C(C)(C)CCC1. The van der Waals surface area contributed by atoms with Crippen LogP contribution in [0.3, 0.4) is 0 Å². The van der Waals surface area contributed by atoms with Crippen molar-refractivity contribution in [2.75, 3.05) is 6.61 Å². The van der Waals surface area contributed by atoms with E-state index in [1.165, 1.54) is 74.5 Å². The summed E-state index contributed by atoms with van der Waals surface area (Å²) in [5, 5.41) is 0. The molecule has 0 saturated heterocycles. The van der Waals surface area contributed by atoms with Crippen LogP contribution in [-0.4, -0.2) is 24.1 Å². The van der Waals surface area contributed by atoms with Gasteiger partial charge in [-0.15, -0.1) is 0 Å². The number of carbonyl (C=O) groups excluding carboxylic acids is 2. The summed E-state index contributed by atoms with van der Waals surface area (Å²) in [5.41, 5.74) is 9.20. The van der Waals surface area contributed by atoms with Crippen LogP contribution in [0.25, 0.3) is 0 Å². The molecule has 1 heterocycles. The predicted octanol–water partition coefficient (Wildman–Crippen LogP) is 14.1. The van der Waals surface area contributed by atoms with Crippen LogP contribution in [0.4, 0.5) is 0 Å². The largest absolute Gasteiger partial charge is 0.487 e. The van der Waals surface area contributed by atoms with E-state index < -0.39 is 11.9 Å². The number of ether oxygens (including phenoxy) is 3. The third kappa shape index (κ3) is 14.9. The van der Waals surface area contributed by atoms with E-state index in [2.05, 4.69) is 87.5 Å². The first-order valence-electron chi connectivity index (χ1n) is 21.9. The van der Waals surface area contributed by atoms with Gasteiger partial charge in [-0.1, -0.05) is 114 Å². The van der Waals surface area contributed by atoms with Crippen molar-refractivity contribution in [3.05, 3.63) is 81.0 Å². The summed E-state index contributed by atoms with van der Waals surface area (Å²) in [6.45, 7) is 29.0. The zero-order chi connectivity index (χ0) is 41.6. The van der Waals surface area contributed by atoms with Crippen LogP contribution in [0.1, 0.15) is 175 Å². The van der Waals surface area contributed by atoms with Crippen LogP contribution >= 0.6 is 0 Å². The quantitative estimate of drug-likeness (QED) is 0.0751. The van der Waals surface area contributed by atoms with E-state index in [0.29, 0.717) is 5.75 Å². The fourth-order valence-corrected chi connectivity index (χ4v) is 8.72. The van der Waals surface area contributed by atoms with Crippen molar-refractivity contribution in [2.45, 2.75) is 186 Å². The Hall–Kier alpha value is -3.34. The zero-order valence-corrected chi connectivity index (χ0v) is 37.8. The molecule has 5 heteroatoms.